The van der Waals surface area contributed by atoms with Gasteiger partial charge in [0.05, 0.1) is 6.10 Å². The van der Waals surface area contributed by atoms with Gasteiger partial charge in [-0.1, -0.05) is 0 Å². The first-order valence-corrected chi connectivity index (χ1v) is 7.81. The standard InChI is InChI=1S/C16H25N3O/c1-10-15(9-17-12(3)18-10)11(2)19-14-6-7-20-16(8-14)13-4-5-13/h9,11,13-14,16,19H,4-8H2,1-3H3. The van der Waals surface area contributed by atoms with E-state index < -0.39 is 0 Å². The Balaban J connectivity index is 1.61. The van der Waals surface area contributed by atoms with Crippen LogP contribution in [0.25, 0.3) is 0 Å². The number of aromatic nitrogens is 2. The minimum absolute atomic E-state index is 0.304. The predicted molar refractivity (Wildman–Crippen MR) is 78.5 cm³/mol. The molecule has 3 unspecified atom stereocenters. The van der Waals surface area contributed by atoms with E-state index in [-0.39, 0.29) is 0 Å². The molecule has 1 aliphatic carbocycles. The van der Waals surface area contributed by atoms with Crippen LogP contribution in [0.15, 0.2) is 6.20 Å². The maximum Gasteiger partial charge on any atom is 0.125 e. The molecule has 2 aliphatic rings. The minimum atomic E-state index is 0.304. The molecule has 1 aliphatic heterocycles. The second-order valence-corrected chi connectivity index (χ2v) is 6.31. The molecule has 4 heteroatoms. The molecule has 20 heavy (non-hydrogen) atoms. The third-order valence-corrected chi connectivity index (χ3v) is 4.55. The van der Waals surface area contributed by atoms with Gasteiger partial charge < -0.3 is 10.1 Å². The van der Waals surface area contributed by atoms with Gasteiger partial charge in [-0.25, -0.2) is 9.97 Å². The van der Waals surface area contributed by atoms with E-state index in [9.17, 15) is 0 Å². The van der Waals surface area contributed by atoms with Gasteiger partial charge >= 0.3 is 0 Å². The lowest BCUT2D eigenvalue weighted by molar-refractivity contribution is -0.0126. The molecule has 0 amide bonds. The monoisotopic (exact) mass is 275 g/mol. The first kappa shape index (κ1) is 14.0. The Labute approximate surface area is 121 Å². The molecule has 1 N–H and O–H groups in total. The SMILES string of the molecule is Cc1ncc(C(C)NC2CCOC(C3CC3)C2)c(C)n1. The van der Waals surface area contributed by atoms with Crippen LogP contribution in [0.4, 0.5) is 0 Å². The fraction of sp³-hybridized carbons (Fsp3) is 0.750. The summed E-state index contributed by atoms with van der Waals surface area (Å²) in [6, 6.07) is 0.864. The molecule has 110 valence electrons. The van der Waals surface area contributed by atoms with Crippen molar-refractivity contribution < 1.29 is 4.74 Å². The second-order valence-electron chi connectivity index (χ2n) is 6.31. The van der Waals surface area contributed by atoms with Crippen molar-refractivity contribution >= 4 is 0 Å². The van der Waals surface area contributed by atoms with E-state index in [2.05, 4.69) is 29.1 Å². The van der Waals surface area contributed by atoms with Gasteiger partial charge in [-0.3, -0.25) is 0 Å². The molecular formula is C16H25N3O. The van der Waals surface area contributed by atoms with E-state index in [1.54, 1.807) is 0 Å². The lowest BCUT2D eigenvalue weighted by Gasteiger charge is -2.32. The zero-order chi connectivity index (χ0) is 14.1. The van der Waals surface area contributed by atoms with Crippen molar-refractivity contribution in [3.8, 4) is 0 Å². The third-order valence-electron chi connectivity index (χ3n) is 4.55. The average Bonchev–Trinajstić information content (AvgIpc) is 3.23. The van der Waals surface area contributed by atoms with E-state index in [1.165, 1.54) is 18.4 Å². The van der Waals surface area contributed by atoms with Gasteiger partial charge in [-0.05, 0) is 52.4 Å². The molecule has 4 nitrogen and oxygen atoms in total. The highest BCUT2D eigenvalue weighted by Gasteiger charge is 2.36. The van der Waals surface area contributed by atoms with Crippen LogP contribution >= 0.6 is 0 Å². The van der Waals surface area contributed by atoms with Gasteiger partial charge in [0.15, 0.2) is 0 Å². The molecule has 1 aromatic rings. The van der Waals surface area contributed by atoms with Crippen LogP contribution in [-0.2, 0) is 4.74 Å². The first-order chi connectivity index (χ1) is 9.63. The summed E-state index contributed by atoms with van der Waals surface area (Å²) < 4.78 is 5.89. The fourth-order valence-electron chi connectivity index (χ4n) is 3.24. The lowest BCUT2D eigenvalue weighted by Crippen LogP contribution is -2.41. The van der Waals surface area contributed by atoms with Crippen molar-refractivity contribution in [2.24, 2.45) is 5.92 Å². The lowest BCUT2D eigenvalue weighted by atomic mass is 9.98. The molecule has 1 aromatic heterocycles. The quantitative estimate of drug-likeness (QED) is 0.918. The summed E-state index contributed by atoms with van der Waals surface area (Å²) in [5, 5.41) is 3.75. The van der Waals surface area contributed by atoms with Gasteiger partial charge in [0.1, 0.15) is 5.82 Å². The Kier molecular flexibility index (Phi) is 4.03. The number of aryl methyl sites for hydroxylation is 2. The molecule has 1 saturated carbocycles. The summed E-state index contributed by atoms with van der Waals surface area (Å²) in [5.41, 5.74) is 2.30. The van der Waals surface area contributed by atoms with E-state index in [0.717, 1.165) is 36.9 Å². The number of nitrogens with zero attached hydrogens (tertiary/aromatic N) is 2. The first-order valence-electron chi connectivity index (χ1n) is 7.81. The van der Waals surface area contributed by atoms with E-state index in [0.29, 0.717) is 18.2 Å². The van der Waals surface area contributed by atoms with E-state index in [4.69, 9.17) is 4.74 Å². The molecule has 2 fully saturated rings. The average molecular weight is 275 g/mol. The molecule has 3 rings (SSSR count). The van der Waals surface area contributed by atoms with Gasteiger partial charge in [-0.15, -0.1) is 0 Å². The summed E-state index contributed by atoms with van der Waals surface area (Å²) in [6.07, 6.45) is 7.44. The van der Waals surface area contributed by atoms with Crippen molar-refractivity contribution in [2.45, 2.75) is 64.6 Å². The maximum atomic E-state index is 5.89. The zero-order valence-corrected chi connectivity index (χ0v) is 12.7. The van der Waals surface area contributed by atoms with Crippen LogP contribution in [0, 0.1) is 19.8 Å². The molecule has 3 atom stereocenters. The summed E-state index contributed by atoms with van der Waals surface area (Å²) in [6.45, 7) is 7.12. The highest BCUT2D eigenvalue weighted by Crippen LogP contribution is 2.38. The Bertz CT molecular complexity index is 473. The second kappa shape index (κ2) is 5.78. The molecule has 0 bridgehead atoms. The number of hydrogen-bond donors (Lipinski definition) is 1. The Morgan fingerprint density at radius 3 is 2.80 bits per heavy atom. The Morgan fingerprint density at radius 2 is 2.10 bits per heavy atom. The van der Waals surface area contributed by atoms with Gasteiger partial charge in [0, 0.05) is 36.1 Å². The van der Waals surface area contributed by atoms with Crippen molar-refractivity contribution in [3.63, 3.8) is 0 Å². The van der Waals surface area contributed by atoms with Crippen LogP contribution in [-0.4, -0.2) is 28.7 Å². The summed E-state index contributed by atoms with van der Waals surface area (Å²) in [4.78, 5) is 8.80. The smallest absolute Gasteiger partial charge is 0.125 e. The third kappa shape index (κ3) is 3.18. The Morgan fingerprint density at radius 1 is 1.30 bits per heavy atom. The predicted octanol–water partition coefficient (Wildman–Crippen LogP) is 2.70. The minimum Gasteiger partial charge on any atom is -0.378 e. The zero-order valence-electron chi connectivity index (χ0n) is 12.7. The normalized spacial score (nSPS) is 28.4. The molecule has 2 heterocycles. The highest BCUT2D eigenvalue weighted by molar-refractivity contribution is 5.19. The number of ether oxygens (including phenoxy) is 1. The van der Waals surface area contributed by atoms with Crippen LogP contribution < -0.4 is 5.32 Å². The molecular weight excluding hydrogens is 250 g/mol. The van der Waals surface area contributed by atoms with Crippen LogP contribution in [0.1, 0.15) is 55.7 Å². The topological polar surface area (TPSA) is 47.0 Å². The summed E-state index contributed by atoms with van der Waals surface area (Å²) in [7, 11) is 0. The Hall–Kier alpha value is -1.00. The van der Waals surface area contributed by atoms with E-state index >= 15 is 0 Å². The highest BCUT2D eigenvalue weighted by atomic mass is 16.5. The summed E-state index contributed by atoms with van der Waals surface area (Å²) in [5.74, 6) is 1.68. The number of hydrogen-bond acceptors (Lipinski definition) is 4. The molecule has 0 aromatic carbocycles. The van der Waals surface area contributed by atoms with Crippen molar-refractivity contribution in [1.82, 2.24) is 15.3 Å². The number of rotatable bonds is 4. The van der Waals surface area contributed by atoms with Crippen molar-refractivity contribution in [1.29, 1.82) is 0 Å². The van der Waals surface area contributed by atoms with Crippen molar-refractivity contribution in [3.05, 3.63) is 23.3 Å². The van der Waals surface area contributed by atoms with Crippen molar-refractivity contribution in [2.75, 3.05) is 6.61 Å². The number of nitrogens with one attached hydrogen (secondary N) is 1. The van der Waals surface area contributed by atoms with Crippen LogP contribution in [0.2, 0.25) is 0 Å². The van der Waals surface area contributed by atoms with E-state index in [1.807, 2.05) is 13.1 Å². The molecule has 1 saturated heterocycles. The van der Waals surface area contributed by atoms with Gasteiger partial charge in [0.2, 0.25) is 0 Å². The van der Waals surface area contributed by atoms with Gasteiger partial charge in [0.25, 0.3) is 0 Å². The van der Waals surface area contributed by atoms with Crippen LogP contribution in [0.5, 0.6) is 0 Å². The van der Waals surface area contributed by atoms with Gasteiger partial charge in [-0.2, -0.15) is 0 Å². The van der Waals surface area contributed by atoms with Crippen LogP contribution in [0.3, 0.4) is 0 Å². The molecule has 0 spiro atoms. The molecule has 0 radical (unpaired) electrons. The fourth-order valence-corrected chi connectivity index (χ4v) is 3.24. The largest absolute Gasteiger partial charge is 0.378 e. The summed E-state index contributed by atoms with van der Waals surface area (Å²) >= 11 is 0. The maximum absolute atomic E-state index is 5.89.